The highest BCUT2D eigenvalue weighted by molar-refractivity contribution is 5.86. The minimum atomic E-state index is -0.312. The largest absolute Gasteiger partial charge is 0.497 e. The van der Waals surface area contributed by atoms with Crippen LogP contribution in [0.4, 0.5) is 5.69 Å². The molecule has 5 heteroatoms. The van der Waals surface area contributed by atoms with Gasteiger partial charge >= 0.3 is 5.63 Å². The molecule has 134 valence electrons. The van der Waals surface area contributed by atoms with E-state index in [1.54, 1.807) is 13.2 Å². The van der Waals surface area contributed by atoms with E-state index in [0.717, 1.165) is 52.2 Å². The summed E-state index contributed by atoms with van der Waals surface area (Å²) in [4.78, 5) is 14.0. The smallest absolute Gasteiger partial charge is 0.336 e. The van der Waals surface area contributed by atoms with Gasteiger partial charge in [-0.1, -0.05) is 6.92 Å². The lowest BCUT2D eigenvalue weighted by atomic mass is 9.99. The van der Waals surface area contributed by atoms with Crippen molar-refractivity contribution in [3.05, 3.63) is 63.5 Å². The molecular formula is C21H21NO4. The zero-order valence-electron chi connectivity index (χ0n) is 15.2. The number of hydrogen-bond acceptors (Lipinski definition) is 5. The quantitative estimate of drug-likeness (QED) is 0.667. The zero-order valence-corrected chi connectivity index (χ0v) is 15.2. The van der Waals surface area contributed by atoms with E-state index >= 15 is 0 Å². The van der Waals surface area contributed by atoms with Crippen molar-refractivity contribution in [3.8, 4) is 11.5 Å². The highest BCUT2D eigenvalue weighted by Gasteiger charge is 2.23. The van der Waals surface area contributed by atoms with Gasteiger partial charge in [-0.2, -0.15) is 0 Å². The van der Waals surface area contributed by atoms with E-state index in [0.29, 0.717) is 12.3 Å². The third-order valence-corrected chi connectivity index (χ3v) is 4.92. The number of rotatable bonds is 3. The number of benzene rings is 2. The molecule has 4 rings (SSSR count). The number of anilines is 1. The SMILES string of the molecule is CCc1cc(=O)oc2c(C)c3c(cc12)CN(c1ccc(OC)cc1)CO3. The summed E-state index contributed by atoms with van der Waals surface area (Å²) in [6, 6.07) is 11.6. The van der Waals surface area contributed by atoms with Crippen LogP contribution in [0.3, 0.4) is 0 Å². The van der Waals surface area contributed by atoms with Crippen LogP contribution in [-0.4, -0.2) is 13.8 Å². The van der Waals surface area contributed by atoms with E-state index in [1.807, 2.05) is 38.1 Å². The van der Waals surface area contributed by atoms with E-state index in [4.69, 9.17) is 13.9 Å². The average Bonchev–Trinajstić information content (AvgIpc) is 2.68. The van der Waals surface area contributed by atoms with Gasteiger partial charge in [0.2, 0.25) is 0 Å². The van der Waals surface area contributed by atoms with Crippen molar-refractivity contribution in [2.24, 2.45) is 0 Å². The number of nitrogens with zero attached hydrogens (tertiary/aromatic N) is 1. The summed E-state index contributed by atoms with van der Waals surface area (Å²) in [7, 11) is 1.66. The van der Waals surface area contributed by atoms with Gasteiger partial charge < -0.3 is 18.8 Å². The fourth-order valence-corrected chi connectivity index (χ4v) is 3.53. The molecule has 0 aliphatic carbocycles. The Morgan fingerprint density at radius 2 is 1.96 bits per heavy atom. The molecule has 3 aromatic rings. The lowest BCUT2D eigenvalue weighted by Gasteiger charge is -2.32. The average molecular weight is 351 g/mol. The molecule has 0 radical (unpaired) electrons. The third-order valence-electron chi connectivity index (χ3n) is 4.92. The van der Waals surface area contributed by atoms with Gasteiger partial charge in [0, 0.05) is 34.8 Å². The van der Waals surface area contributed by atoms with Crippen molar-refractivity contribution >= 4 is 16.7 Å². The fraction of sp³-hybridized carbons (Fsp3) is 0.286. The fourth-order valence-electron chi connectivity index (χ4n) is 3.53. The summed E-state index contributed by atoms with van der Waals surface area (Å²) in [5, 5.41) is 0.989. The highest BCUT2D eigenvalue weighted by atomic mass is 16.5. The van der Waals surface area contributed by atoms with Crippen LogP contribution in [-0.2, 0) is 13.0 Å². The van der Waals surface area contributed by atoms with Crippen LogP contribution in [0.2, 0.25) is 0 Å². The zero-order chi connectivity index (χ0) is 18.3. The Kier molecular flexibility index (Phi) is 4.07. The molecule has 0 atom stereocenters. The highest BCUT2D eigenvalue weighted by Crippen LogP contribution is 2.37. The van der Waals surface area contributed by atoms with Gasteiger partial charge in [-0.15, -0.1) is 0 Å². The number of methoxy groups -OCH3 is 1. The molecule has 0 saturated carbocycles. The molecule has 0 saturated heterocycles. The second-order valence-electron chi connectivity index (χ2n) is 6.48. The van der Waals surface area contributed by atoms with E-state index in [2.05, 4.69) is 11.0 Å². The van der Waals surface area contributed by atoms with Crippen molar-refractivity contribution in [3.63, 3.8) is 0 Å². The lowest BCUT2D eigenvalue weighted by molar-refractivity contribution is 0.287. The second-order valence-corrected chi connectivity index (χ2v) is 6.48. The Bertz CT molecular complexity index is 1020. The van der Waals surface area contributed by atoms with Crippen LogP contribution >= 0.6 is 0 Å². The first-order valence-corrected chi connectivity index (χ1v) is 8.71. The van der Waals surface area contributed by atoms with Crippen LogP contribution < -0.4 is 20.0 Å². The van der Waals surface area contributed by atoms with Crippen molar-refractivity contribution < 1.29 is 13.9 Å². The Morgan fingerprint density at radius 1 is 1.19 bits per heavy atom. The van der Waals surface area contributed by atoms with Gasteiger partial charge in [-0.3, -0.25) is 0 Å². The van der Waals surface area contributed by atoms with Crippen molar-refractivity contribution in [1.29, 1.82) is 0 Å². The van der Waals surface area contributed by atoms with E-state index in [9.17, 15) is 4.79 Å². The maximum Gasteiger partial charge on any atom is 0.336 e. The molecule has 26 heavy (non-hydrogen) atoms. The maximum absolute atomic E-state index is 11.8. The number of ether oxygens (including phenoxy) is 2. The predicted octanol–water partition coefficient (Wildman–Crippen LogP) is 4.03. The van der Waals surface area contributed by atoms with Crippen LogP contribution in [0.25, 0.3) is 11.0 Å². The van der Waals surface area contributed by atoms with Crippen LogP contribution in [0.5, 0.6) is 11.5 Å². The number of aryl methyl sites for hydroxylation is 2. The van der Waals surface area contributed by atoms with Gasteiger partial charge in [-0.05, 0) is 49.2 Å². The lowest BCUT2D eigenvalue weighted by Crippen LogP contribution is -2.32. The normalized spacial score (nSPS) is 13.4. The summed E-state index contributed by atoms with van der Waals surface area (Å²) in [5.41, 5.74) is 4.38. The first-order chi connectivity index (χ1) is 12.6. The molecule has 5 nitrogen and oxygen atoms in total. The molecule has 2 aromatic carbocycles. The molecule has 1 aliphatic rings. The summed E-state index contributed by atoms with van der Waals surface area (Å²) in [5.74, 6) is 1.65. The minimum Gasteiger partial charge on any atom is -0.497 e. The molecule has 0 unspecified atom stereocenters. The van der Waals surface area contributed by atoms with Gasteiger partial charge in [0.05, 0.1) is 7.11 Å². The Labute approximate surface area is 151 Å². The molecule has 0 N–H and O–H groups in total. The third kappa shape index (κ3) is 2.69. The van der Waals surface area contributed by atoms with Crippen LogP contribution in [0.15, 0.2) is 45.6 Å². The Hall–Kier alpha value is -2.95. The van der Waals surface area contributed by atoms with Gasteiger partial charge in [0.15, 0.2) is 6.73 Å². The molecule has 0 amide bonds. The maximum atomic E-state index is 11.8. The van der Waals surface area contributed by atoms with E-state index in [1.165, 1.54) is 0 Å². The first kappa shape index (κ1) is 16.5. The van der Waals surface area contributed by atoms with E-state index < -0.39 is 0 Å². The van der Waals surface area contributed by atoms with Crippen molar-refractivity contribution in [1.82, 2.24) is 0 Å². The van der Waals surface area contributed by atoms with Crippen molar-refractivity contribution in [2.45, 2.75) is 26.8 Å². The Morgan fingerprint density at radius 3 is 2.65 bits per heavy atom. The minimum absolute atomic E-state index is 0.312. The standard InChI is InChI=1S/C21H21NO4/c1-4-14-10-19(23)26-21-13(2)20-15(9-18(14)21)11-22(12-25-20)16-5-7-17(24-3)8-6-16/h5-10H,4,11-12H2,1-3H3. The second kappa shape index (κ2) is 6.41. The topological polar surface area (TPSA) is 51.9 Å². The molecule has 1 aromatic heterocycles. The van der Waals surface area contributed by atoms with Crippen molar-refractivity contribution in [2.75, 3.05) is 18.7 Å². The van der Waals surface area contributed by atoms with Crippen LogP contribution in [0, 0.1) is 6.92 Å². The predicted molar refractivity (Wildman–Crippen MR) is 101 cm³/mol. The monoisotopic (exact) mass is 351 g/mol. The van der Waals surface area contributed by atoms with Gasteiger partial charge in [0.25, 0.3) is 0 Å². The first-order valence-electron chi connectivity index (χ1n) is 8.71. The summed E-state index contributed by atoms with van der Waals surface area (Å²) >= 11 is 0. The number of hydrogen-bond donors (Lipinski definition) is 0. The molecule has 2 heterocycles. The van der Waals surface area contributed by atoms with Gasteiger partial charge in [-0.25, -0.2) is 4.79 Å². The molecule has 0 spiro atoms. The van der Waals surface area contributed by atoms with E-state index in [-0.39, 0.29) is 5.63 Å². The van der Waals surface area contributed by atoms with Gasteiger partial charge in [0.1, 0.15) is 17.1 Å². The summed E-state index contributed by atoms with van der Waals surface area (Å²) < 4.78 is 16.7. The molecular weight excluding hydrogens is 330 g/mol. The molecule has 0 bridgehead atoms. The molecule has 0 fully saturated rings. The number of fused-ring (bicyclic) bond motifs is 2. The summed E-state index contributed by atoms with van der Waals surface area (Å²) in [6.45, 7) is 5.18. The molecule has 1 aliphatic heterocycles. The summed E-state index contributed by atoms with van der Waals surface area (Å²) in [6.07, 6.45) is 0.781. The Balaban J connectivity index is 1.77. The van der Waals surface area contributed by atoms with Crippen LogP contribution in [0.1, 0.15) is 23.6 Å².